The molecule has 110 valence electrons. The minimum absolute atomic E-state index is 0.111. The lowest BCUT2D eigenvalue weighted by Crippen LogP contribution is -2.42. The molecule has 1 amide bonds. The molecule has 1 aromatic heterocycles. The first kappa shape index (κ1) is 14.0. The molecule has 1 N–H and O–H groups in total. The molecule has 0 radical (unpaired) electrons. The standard InChI is InChI=1S/C17H21N3O/c1-18-11-13-5-4-10-20(12-13)17(21)15-8-2-6-14-7-3-9-19-16(14)15/h2-3,6-9,13,18H,4-5,10-12H2,1H3. The Morgan fingerprint density at radius 3 is 3.10 bits per heavy atom. The summed E-state index contributed by atoms with van der Waals surface area (Å²) in [7, 11) is 1.97. The van der Waals surface area contributed by atoms with Gasteiger partial charge >= 0.3 is 0 Å². The first-order valence-electron chi connectivity index (χ1n) is 7.57. The number of carbonyl (C=O) groups excluding carboxylic acids is 1. The van der Waals surface area contributed by atoms with Crippen LogP contribution in [0.25, 0.3) is 10.9 Å². The van der Waals surface area contributed by atoms with Gasteiger partial charge in [0, 0.05) is 24.7 Å². The first-order valence-corrected chi connectivity index (χ1v) is 7.57. The van der Waals surface area contributed by atoms with E-state index in [9.17, 15) is 4.79 Å². The summed E-state index contributed by atoms with van der Waals surface area (Å²) in [5.74, 6) is 0.663. The maximum absolute atomic E-state index is 12.8. The van der Waals surface area contributed by atoms with Crippen molar-refractivity contribution < 1.29 is 4.79 Å². The van der Waals surface area contributed by atoms with Crippen molar-refractivity contribution in [3.63, 3.8) is 0 Å². The number of carbonyl (C=O) groups is 1. The number of benzene rings is 1. The van der Waals surface area contributed by atoms with E-state index in [1.165, 1.54) is 6.42 Å². The van der Waals surface area contributed by atoms with Crippen molar-refractivity contribution in [3.05, 3.63) is 42.1 Å². The number of nitrogens with one attached hydrogen (secondary N) is 1. The Balaban J connectivity index is 1.86. The summed E-state index contributed by atoms with van der Waals surface area (Å²) in [4.78, 5) is 19.2. The Morgan fingerprint density at radius 2 is 2.24 bits per heavy atom. The van der Waals surface area contributed by atoms with Gasteiger partial charge in [0.15, 0.2) is 0 Å². The van der Waals surface area contributed by atoms with Gasteiger partial charge in [0.1, 0.15) is 0 Å². The summed E-state index contributed by atoms with van der Waals surface area (Å²) in [5, 5.41) is 4.24. The van der Waals surface area contributed by atoms with Gasteiger partial charge in [0.05, 0.1) is 11.1 Å². The second kappa shape index (κ2) is 6.22. The fourth-order valence-electron chi connectivity index (χ4n) is 3.15. The van der Waals surface area contributed by atoms with E-state index in [-0.39, 0.29) is 5.91 Å². The van der Waals surface area contributed by atoms with Gasteiger partial charge in [-0.25, -0.2) is 0 Å². The summed E-state index contributed by atoms with van der Waals surface area (Å²) in [6.45, 7) is 2.66. The molecule has 3 rings (SSSR count). The molecule has 1 aliphatic heterocycles. The van der Waals surface area contributed by atoms with Gasteiger partial charge in [-0.15, -0.1) is 0 Å². The summed E-state index contributed by atoms with van der Waals surface area (Å²) in [6.07, 6.45) is 4.02. The maximum atomic E-state index is 12.8. The van der Waals surface area contributed by atoms with Crippen molar-refractivity contribution in [1.29, 1.82) is 0 Å². The number of aromatic nitrogens is 1. The number of hydrogen-bond donors (Lipinski definition) is 1. The molecule has 1 saturated heterocycles. The number of para-hydroxylation sites is 1. The third-order valence-corrected chi connectivity index (χ3v) is 4.16. The van der Waals surface area contributed by atoms with Crippen LogP contribution in [-0.2, 0) is 0 Å². The highest BCUT2D eigenvalue weighted by Gasteiger charge is 2.25. The normalized spacial score (nSPS) is 18.9. The average molecular weight is 283 g/mol. The largest absolute Gasteiger partial charge is 0.338 e. The van der Waals surface area contributed by atoms with Crippen LogP contribution in [0, 0.1) is 5.92 Å². The average Bonchev–Trinajstić information content (AvgIpc) is 2.54. The fourth-order valence-corrected chi connectivity index (χ4v) is 3.15. The minimum Gasteiger partial charge on any atom is -0.338 e. The molecular weight excluding hydrogens is 262 g/mol. The van der Waals surface area contributed by atoms with Crippen LogP contribution in [0.15, 0.2) is 36.5 Å². The lowest BCUT2D eigenvalue weighted by atomic mass is 9.97. The first-order chi connectivity index (χ1) is 10.3. The molecule has 0 aliphatic carbocycles. The Bertz CT molecular complexity index is 633. The molecule has 1 aromatic carbocycles. The predicted molar refractivity (Wildman–Crippen MR) is 84.3 cm³/mol. The quantitative estimate of drug-likeness (QED) is 0.940. The number of pyridine rings is 1. The van der Waals surface area contributed by atoms with Gasteiger partial charge in [-0.3, -0.25) is 9.78 Å². The second-order valence-electron chi connectivity index (χ2n) is 5.70. The highest BCUT2D eigenvalue weighted by atomic mass is 16.2. The predicted octanol–water partition coefficient (Wildman–Crippen LogP) is 2.31. The van der Waals surface area contributed by atoms with Gasteiger partial charge in [-0.2, -0.15) is 0 Å². The van der Waals surface area contributed by atoms with Gasteiger partial charge in [-0.1, -0.05) is 18.2 Å². The van der Waals surface area contributed by atoms with Crippen LogP contribution in [0.1, 0.15) is 23.2 Å². The zero-order valence-corrected chi connectivity index (χ0v) is 12.4. The van der Waals surface area contributed by atoms with Crippen molar-refractivity contribution in [3.8, 4) is 0 Å². The third kappa shape index (κ3) is 2.90. The smallest absolute Gasteiger partial charge is 0.256 e. The van der Waals surface area contributed by atoms with Crippen LogP contribution in [0.2, 0.25) is 0 Å². The van der Waals surface area contributed by atoms with Crippen molar-refractivity contribution >= 4 is 16.8 Å². The molecule has 21 heavy (non-hydrogen) atoms. The van der Waals surface area contributed by atoms with Crippen LogP contribution in [0.4, 0.5) is 0 Å². The van der Waals surface area contributed by atoms with Crippen LogP contribution in [0.5, 0.6) is 0 Å². The molecule has 1 fully saturated rings. The molecule has 0 saturated carbocycles. The lowest BCUT2D eigenvalue weighted by molar-refractivity contribution is 0.0676. The zero-order valence-electron chi connectivity index (χ0n) is 12.4. The summed E-state index contributed by atoms with van der Waals surface area (Å²) in [5.41, 5.74) is 1.53. The molecule has 1 aliphatic rings. The number of amides is 1. The molecule has 0 bridgehead atoms. The number of rotatable bonds is 3. The topological polar surface area (TPSA) is 45.2 Å². The number of nitrogens with zero attached hydrogens (tertiary/aromatic N) is 2. The van der Waals surface area contributed by atoms with E-state index < -0.39 is 0 Å². The number of fused-ring (bicyclic) bond motifs is 1. The van der Waals surface area contributed by atoms with E-state index >= 15 is 0 Å². The van der Waals surface area contributed by atoms with Gasteiger partial charge in [-0.05, 0) is 44.5 Å². The fraction of sp³-hybridized carbons (Fsp3) is 0.412. The molecular formula is C17H21N3O. The van der Waals surface area contributed by atoms with Crippen molar-refractivity contribution in [2.45, 2.75) is 12.8 Å². The van der Waals surface area contributed by atoms with E-state index in [2.05, 4.69) is 10.3 Å². The molecule has 2 aromatic rings. The van der Waals surface area contributed by atoms with Crippen LogP contribution >= 0.6 is 0 Å². The number of piperidine rings is 1. The van der Waals surface area contributed by atoms with E-state index in [0.29, 0.717) is 5.92 Å². The molecule has 1 unspecified atom stereocenters. The number of likely N-dealkylation sites (tertiary alicyclic amines) is 1. The second-order valence-corrected chi connectivity index (χ2v) is 5.70. The maximum Gasteiger partial charge on any atom is 0.256 e. The van der Waals surface area contributed by atoms with E-state index in [0.717, 1.165) is 42.5 Å². The molecule has 0 spiro atoms. The summed E-state index contributed by atoms with van der Waals surface area (Å²) >= 11 is 0. The van der Waals surface area contributed by atoms with Crippen LogP contribution in [0.3, 0.4) is 0 Å². The molecule has 1 atom stereocenters. The SMILES string of the molecule is CNCC1CCCN(C(=O)c2cccc3cccnc23)C1. The Morgan fingerprint density at radius 1 is 1.38 bits per heavy atom. The highest BCUT2D eigenvalue weighted by Crippen LogP contribution is 2.22. The Hall–Kier alpha value is -1.94. The third-order valence-electron chi connectivity index (χ3n) is 4.16. The Labute approximate surface area is 125 Å². The van der Waals surface area contributed by atoms with Crippen molar-refractivity contribution in [1.82, 2.24) is 15.2 Å². The molecule has 4 heteroatoms. The van der Waals surface area contributed by atoms with Crippen molar-refractivity contribution in [2.24, 2.45) is 5.92 Å². The molecule has 2 heterocycles. The monoisotopic (exact) mass is 283 g/mol. The van der Waals surface area contributed by atoms with Crippen LogP contribution in [-0.4, -0.2) is 42.5 Å². The summed E-state index contributed by atoms with van der Waals surface area (Å²) < 4.78 is 0. The molecule has 4 nitrogen and oxygen atoms in total. The minimum atomic E-state index is 0.111. The van der Waals surface area contributed by atoms with Gasteiger partial charge < -0.3 is 10.2 Å². The lowest BCUT2D eigenvalue weighted by Gasteiger charge is -2.33. The van der Waals surface area contributed by atoms with Crippen molar-refractivity contribution in [2.75, 3.05) is 26.7 Å². The number of hydrogen-bond acceptors (Lipinski definition) is 3. The van der Waals surface area contributed by atoms with Gasteiger partial charge in [0.2, 0.25) is 0 Å². The van der Waals surface area contributed by atoms with E-state index in [1.807, 2.05) is 42.3 Å². The van der Waals surface area contributed by atoms with Crippen LogP contribution < -0.4 is 5.32 Å². The zero-order chi connectivity index (χ0) is 14.7. The highest BCUT2D eigenvalue weighted by molar-refractivity contribution is 6.05. The summed E-state index contributed by atoms with van der Waals surface area (Å²) in [6, 6.07) is 9.73. The van der Waals surface area contributed by atoms with Gasteiger partial charge in [0.25, 0.3) is 5.91 Å². The van der Waals surface area contributed by atoms with E-state index in [1.54, 1.807) is 6.20 Å². The Kier molecular flexibility index (Phi) is 4.15. The van der Waals surface area contributed by atoms with E-state index in [4.69, 9.17) is 0 Å².